The summed E-state index contributed by atoms with van der Waals surface area (Å²) < 4.78 is 20.8. The lowest BCUT2D eigenvalue weighted by molar-refractivity contribution is 0.456. The molecule has 124 valence electrons. The number of hydrogen-bond donors (Lipinski definition) is 1. The lowest BCUT2D eigenvalue weighted by Crippen LogP contribution is -1.95. The topological polar surface area (TPSA) is 59.9 Å². The van der Waals surface area contributed by atoms with Crippen molar-refractivity contribution in [2.45, 2.75) is 0 Å². The highest BCUT2D eigenvalue weighted by Crippen LogP contribution is 2.31. The maximum atomic E-state index is 14.4. The number of aromatic nitrogens is 3. The highest BCUT2D eigenvalue weighted by Gasteiger charge is 2.10. The lowest BCUT2D eigenvalue weighted by Gasteiger charge is -2.08. The first-order valence-corrected chi connectivity index (χ1v) is 8.45. The minimum atomic E-state index is -0.475. The van der Waals surface area contributed by atoms with Gasteiger partial charge in [-0.2, -0.15) is 0 Å². The van der Waals surface area contributed by atoms with E-state index in [1.54, 1.807) is 12.1 Å². The van der Waals surface area contributed by atoms with Crippen molar-refractivity contribution in [1.82, 2.24) is 15.0 Å². The van der Waals surface area contributed by atoms with Crippen molar-refractivity contribution >= 4 is 44.0 Å². The van der Waals surface area contributed by atoms with Gasteiger partial charge in [0, 0.05) is 18.5 Å². The molecule has 0 saturated heterocycles. The second kappa shape index (κ2) is 6.62. The monoisotopic (exact) mass is 372 g/mol. The number of fused-ring (bicyclic) bond motifs is 1. The van der Waals surface area contributed by atoms with E-state index in [0.717, 1.165) is 10.2 Å². The standard InChI is InChI=1S/C17H10ClFN4OS/c18-15-16(21-8-7-20-15)24-10-5-6-12(11(19)9-10)22-17-23-13-3-1-2-4-14(13)25-17/h1-9H,(H,22,23). The molecule has 0 aliphatic heterocycles. The molecular weight excluding hydrogens is 363 g/mol. The fourth-order valence-corrected chi connectivity index (χ4v) is 3.21. The predicted molar refractivity (Wildman–Crippen MR) is 96.4 cm³/mol. The minimum absolute atomic E-state index is 0.111. The van der Waals surface area contributed by atoms with Crippen molar-refractivity contribution < 1.29 is 9.13 Å². The van der Waals surface area contributed by atoms with Crippen LogP contribution in [0.5, 0.6) is 11.6 Å². The first kappa shape index (κ1) is 15.7. The molecule has 1 N–H and O–H groups in total. The maximum Gasteiger partial charge on any atom is 0.257 e. The molecule has 0 aliphatic carbocycles. The Morgan fingerprint density at radius 1 is 1.08 bits per heavy atom. The molecule has 2 aromatic heterocycles. The average Bonchev–Trinajstić information content (AvgIpc) is 3.02. The molecule has 5 nitrogen and oxygen atoms in total. The second-order valence-electron chi connectivity index (χ2n) is 5.01. The zero-order valence-corrected chi connectivity index (χ0v) is 14.2. The summed E-state index contributed by atoms with van der Waals surface area (Å²) in [5.41, 5.74) is 1.17. The van der Waals surface area contributed by atoms with E-state index >= 15 is 0 Å². The van der Waals surface area contributed by atoms with Crippen LogP contribution in [0, 0.1) is 5.82 Å². The van der Waals surface area contributed by atoms with E-state index in [0.29, 0.717) is 10.8 Å². The molecule has 4 rings (SSSR count). The third kappa shape index (κ3) is 3.38. The highest BCUT2D eigenvalue weighted by molar-refractivity contribution is 7.22. The third-order valence-corrected chi connectivity index (χ3v) is 4.52. The van der Waals surface area contributed by atoms with E-state index in [4.69, 9.17) is 16.3 Å². The number of ether oxygens (including phenoxy) is 1. The molecule has 0 unspecified atom stereocenters. The summed E-state index contributed by atoms with van der Waals surface area (Å²) >= 11 is 7.33. The number of para-hydroxylation sites is 1. The Kier molecular flexibility index (Phi) is 4.17. The summed E-state index contributed by atoms with van der Waals surface area (Å²) in [5, 5.41) is 3.71. The van der Waals surface area contributed by atoms with E-state index in [-0.39, 0.29) is 16.8 Å². The minimum Gasteiger partial charge on any atom is -0.436 e. The van der Waals surface area contributed by atoms with Crippen LogP contribution in [0.2, 0.25) is 5.15 Å². The van der Waals surface area contributed by atoms with Gasteiger partial charge in [0.05, 0.1) is 15.9 Å². The van der Waals surface area contributed by atoms with Gasteiger partial charge in [-0.25, -0.2) is 19.3 Å². The number of nitrogens with one attached hydrogen (secondary N) is 1. The summed E-state index contributed by atoms with van der Waals surface area (Å²) in [4.78, 5) is 12.2. The van der Waals surface area contributed by atoms with Crippen molar-refractivity contribution in [1.29, 1.82) is 0 Å². The summed E-state index contributed by atoms with van der Waals surface area (Å²) in [6, 6.07) is 12.2. The maximum absolute atomic E-state index is 14.4. The highest BCUT2D eigenvalue weighted by atomic mass is 35.5. The smallest absolute Gasteiger partial charge is 0.257 e. The molecule has 0 aliphatic rings. The molecular formula is C17H10ClFN4OS. The number of nitrogens with zero attached hydrogens (tertiary/aromatic N) is 3. The van der Waals surface area contributed by atoms with Gasteiger partial charge < -0.3 is 10.1 Å². The zero-order valence-electron chi connectivity index (χ0n) is 12.6. The second-order valence-corrected chi connectivity index (χ2v) is 6.40. The third-order valence-electron chi connectivity index (χ3n) is 3.31. The largest absolute Gasteiger partial charge is 0.436 e. The molecule has 2 heterocycles. The van der Waals surface area contributed by atoms with Gasteiger partial charge in [0.25, 0.3) is 5.88 Å². The van der Waals surface area contributed by atoms with E-state index in [2.05, 4.69) is 20.3 Å². The van der Waals surface area contributed by atoms with Crippen LogP contribution in [0.15, 0.2) is 54.9 Å². The molecule has 0 fully saturated rings. The molecule has 0 saturated carbocycles. The Morgan fingerprint density at radius 2 is 1.92 bits per heavy atom. The number of halogens is 2. The zero-order chi connectivity index (χ0) is 17.2. The molecule has 8 heteroatoms. The Labute approximate surface area is 151 Å². The van der Waals surface area contributed by atoms with E-state index < -0.39 is 5.82 Å². The Balaban J connectivity index is 1.56. The van der Waals surface area contributed by atoms with Gasteiger partial charge in [-0.15, -0.1) is 0 Å². The number of thiazole rings is 1. The van der Waals surface area contributed by atoms with Crippen LogP contribution in [-0.2, 0) is 0 Å². The van der Waals surface area contributed by atoms with Crippen molar-refractivity contribution in [3.63, 3.8) is 0 Å². The Morgan fingerprint density at radius 3 is 2.72 bits per heavy atom. The van der Waals surface area contributed by atoms with Crippen LogP contribution >= 0.6 is 22.9 Å². The summed E-state index contributed by atoms with van der Waals surface area (Å²) in [6.07, 6.45) is 2.89. The van der Waals surface area contributed by atoms with E-state index in [1.807, 2.05) is 24.3 Å². The van der Waals surface area contributed by atoms with Gasteiger partial charge in [0.1, 0.15) is 11.6 Å². The van der Waals surface area contributed by atoms with Gasteiger partial charge in [0.2, 0.25) is 0 Å². The molecule has 2 aromatic carbocycles. The van der Waals surface area contributed by atoms with Crippen LogP contribution in [0.25, 0.3) is 10.2 Å². The molecule has 0 spiro atoms. The summed E-state index contributed by atoms with van der Waals surface area (Å²) in [5.74, 6) is -0.0815. The predicted octanol–water partition coefficient (Wildman–Crippen LogP) is 5.41. The van der Waals surface area contributed by atoms with E-state index in [9.17, 15) is 4.39 Å². The fraction of sp³-hybridized carbons (Fsp3) is 0. The SMILES string of the molecule is Fc1cc(Oc2nccnc2Cl)ccc1Nc1nc2ccccc2s1. The molecule has 0 radical (unpaired) electrons. The van der Waals surface area contributed by atoms with Crippen LogP contribution in [0.3, 0.4) is 0 Å². The van der Waals surface area contributed by atoms with Gasteiger partial charge >= 0.3 is 0 Å². The van der Waals surface area contributed by atoms with Crippen LogP contribution in [0.1, 0.15) is 0 Å². The number of hydrogen-bond acceptors (Lipinski definition) is 6. The van der Waals surface area contributed by atoms with Gasteiger partial charge in [-0.3, -0.25) is 0 Å². The average molecular weight is 373 g/mol. The van der Waals surface area contributed by atoms with E-state index in [1.165, 1.54) is 29.8 Å². The lowest BCUT2D eigenvalue weighted by atomic mass is 10.3. The van der Waals surface area contributed by atoms with Crippen LogP contribution < -0.4 is 10.1 Å². The number of benzene rings is 2. The van der Waals surface area contributed by atoms with Gasteiger partial charge in [0.15, 0.2) is 10.3 Å². The Bertz CT molecular complexity index is 1020. The van der Waals surface area contributed by atoms with Crippen LogP contribution in [0.4, 0.5) is 15.2 Å². The molecule has 25 heavy (non-hydrogen) atoms. The number of anilines is 2. The fourth-order valence-electron chi connectivity index (χ4n) is 2.19. The molecule has 0 amide bonds. The van der Waals surface area contributed by atoms with Crippen LogP contribution in [-0.4, -0.2) is 15.0 Å². The van der Waals surface area contributed by atoms with Crippen molar-refractivity contribution in [3.8, 4) is 11.6 Å². The molecule has 0 bridgehead atoms. The molecule has 0 atom stereocenters. The first-order valence-electron chi connectivity index (χ1n) is 7.25. The number of rotatable bonds is 4. The van der Waals surface area contributed by atoms with Crippen molar-refractivity contribution in [3.05, 3.63) is 65.8 Å². The summed E-state index contributed by atoms with van der Waals surface area (Å²) in [7, 11) is 0. The first-order chi connectivity index (χ1) is 12.2. The quantitative estimate of drug-likeness (QED) is 0.518. The molecule has 4 aromatic rings. The normalized spacial score (nSPS) is 10.8. The van der Waals surface area contributed by atoms with Gasteiger partial charge in [-0.05, 0) is 24.3 Å². The Hall–Kier alpha value is -2.77. The van der Waals surface area contributed by atoms with Crippen molar-refractivity contribution in [2.75, 3.05) is 5.32 Å². The van der Waals surface area contributed by atoms with Gasteiger partial charge in [-0.1, -0.05) is 35.1 Å². The summed E-state index contributed by atoms with van der Waals surface area (Å²) in [6.45, 7) is 0. The van der Waals surface area contributed by atoms with Crippen molar-refractivity contribution in [2.24, 2.45) is 0 Å².